The number of aliphatic carboxylic acids is 1. The molecule has 1 rings (SSSR count). The molecule has 1 atom stereocenters. The first-order valence-electron chi connectivity index (χ1n) is 4.50. The van der Waals surface area contributed by atoms with Crippen molar-refractivity contribution in [1.82, 2.24) is 0 Å². The van der Waals surface area contributed by atoms with E-state index >= 15 is 0 Å². The number of benzene rings is 1. The van der Waals surface area contributed by atoms with E-state index in [1.165, 1.54) is 0 Å². The van der Waals surface area contributed by atoms with E-state index in [2.05, 4.69) is 5.73 Å². The molecule has 0 aliphatic heterocycles. The van der Waals surface area contributed by atoms with Gasteiger partial charge in [0, 0.05) is 12.5 Å². The first kappa shape index (κ1) is 10.7. The lowest BCUT2D eigenvalue weighted by Crippen LogP contribution is -2.75. The van der Waals surface area contributed by atoms with Gasteiger partial charge in [0.25, 0.3) is 0 Å². The molecule has 14 heavy (non-hydrogen) atoms. The number of carbonyl (C=O) groups excluding carboxylic acids is 1. The molecule has 0 unspecified atom stereocenters. The zero-order valence-corrected chi connectivity index (χ0v) is 8.76. The van der Waals surface area contributed by atoms with E-state index in [9.17, 15) is 9.90 Å². The molecule has 0 saturated heterocycles. The van der Waals surface area contributed by atoms with Gasteiger partial charge in [0.05, 0.1) is 0 Å². The molecular weight excluding hydrogens is 178 g/mol. The topological polar surface area (TPSA) is 67.8 Å². The second-order valence-corrected chi connectivity index (χ2v) is 3.94. The summed E-state index contributed by atoms with van der Waals surface area (Å²) in [6, 6.07) is 5.63. The van der Waals surface area contributed by atoms with Crippen molar-refractivity contribution in [1.29, 1.82) is 0 Å². The third-order valence-electron chi connectivity index (χ3n) is 2.43. The predicted molar refractivity (Wildman–Crippen MR) is 51.2 cm³/mol. The predicted octanol–water partition coefficient (Wildman–Crippen LogP) is -0.490. The van der Waals surface area contributed by atoms with Gasteiger partial charge in [-0.15, -0.1) is 0 Å². The van der Waals surface area contributed by atoms with Crippen LogP contribution in [0.3, 0.4) is 0 Å². The summed E-state index contributed by atoms with van der Waals surface area (Å²) in [5.41, 5.74) is 5.26. The minimum Gasteiger partial charge on any atom is -0.543 e. The highest BCUT2D eigenvalue weighted by molar-refractivity contribution is 5.76. The number of carbonyl (C=O) groups is 1. The van der Waals surface area contributed by atoms with E-state index in [4.69, 9.17) is 0 Å². The van der Waals surface area contributed by atoms with Crippen molar-refractivity contribution >= 4 is 5.97 Å². The zero-order chi connectivity index (χ0) is 10.9. The van der Waals surface area contributed by atoms with Crippen LogP contribution in [-0.2, 0) is 10.3 Å². The number of quaternary nitrogens is 1. The molecule has 1 aromatic rings. The zero-order valence-electron chi connectivity index (χ0n) is 8.76. The molecule has 0 heterocycles. The summed E-state index contributed by atoms with van der Waals surface area (Å²) < 4.78 is 0. The molecule has 1 aromatic carbocycles. The Labute approximate surface area is 83.6 Å². The largest absolute Gasteiger partial charge is 0.543 e. The van der Waals surface area contributed by atoms with Crippen molar-refractivity contribution in [3.05, 3.63) is 34.9 Å². The Morgan fingerprint density at radius 3 is 2.43 bits per heavy atom. The highest BCUT2D eigenvalue weighted by Gasteiger charge is 2.28. The summed E-state index contributed by atoms with van der Waals surface area (Å²) in [6.07, 6.45) is 0. The molecular formula is C11H15NO2. The Bertz CT molecular complexity index is 370. The lowest BCUT2D eigenvalue weighted by Gasteiger charge is -2.24. The number of aryl methyl sites for hydroxylation is 2. The minimum absolute atomic E-state index is 0.711. The molecule has 76 valence electrons. The van der Waals surface area contributed by atoms with Crippen LogP contribution in [0.5, 0.6) is 0 Å². The second-order valence-electron chi connectivity index (χ2n) is 3.94. The molecule has 0 saturated carbocycles. The lowest BCUT2D eigenvalue weighted by molar-refractivity contribution is -0.489. The van der Waals surface area contributed by atoms with Gasteiger partial charge in [0.15, 0.2) is 5.54 Å². The Hall–Kier alpha value is -1.35. The molecule has 3 heteroatoms. The SMILES string of the molecule is Cc1ccc([C@@](C)([NH3+])C(=O)[O-])c(C)c1. The minimum atomic E-state index is -1.17. The summed E-state index contributed by atoms with van der Waals surface area (Å²) >= 11 is 0. The number of rotatable bonds is 2. The van der Waals surface area contributed by atoms with Crippen LogP contribution < -0.4 is 10.8 Å². The average Bonchev–Trinajstić information content (AvgIpc) is 2.02. The van der Waals surface area contributed by atoms with Crippen molar-refractivity contribution in [3.63, 3.8) is 0 Å². The lowest BCUT2D eigenvalue weighted by atomic mass is 9.89. The molecule has 0 bridgehead atoms. The smallest absolute Gasteiger partial charge is 0.158 e. The summed E-state index contributed by atoms with van der Waals surface area (Å²) in [5.74, 6) is -1.15. The normalized spacial score (nSPS) is 14.9. The maximum atomic E-state index is 10.9. The molecule has 3 N–H and O–H groups in total. The maximum absolute atomic E-state index is 10.9. The molecule has 0 aromatic heterocycles. The molecule has 0 radical (unpaired) electrons. The molecule has 0 aliphatic rings. The van der Waals surface area contributed by atoms with Gasteiger partial charge in [-0.2, -0.15) is 0 Å². The Balaban J connectivity index is 3.26. The number of carboxylic acid groups (broad SMARTS) is 1. The van der Waals surface area contributed by atoms with Crippen molar-refractivity contribution in [2.45, 2.75) is 26.3 Å². The number of hydrogen-bond donors (Lipinski definition) is 1. The Morgan fingerprint density at radius 1 is 1.43 bits per heavy atom. The van der Waals surface area contributed by atoms with Gasteiger partial charge in [-0.3, -0.25) is 0 Å². The van der Waals surface area contributed by atoms with E-state index in [0.717, 1.165) is 11.1 Å². The fourth-order valence-corrected chi connectivity index (χ4v) is 1.54. The van der Waals surface area contributed by atoms with E-state index in [0.29, 0.717) is 5.56 Å². The summed E-state index contributed by atoms with van der Waals surface area (Å²) in [4.78, 5) is 10.9. The van der Waals surface area contributed by atoms with Gasteiger partial charge in [0.2, 0.25) is 0 Å². The number of carboxylic acids is 1. The average molecular weight is 193 g/mol. The maximum Gasteiger partial charge on any atom is 0.158 e. The standard InChI is InChI=1S/C11H15NO2/c1-7-4-5-9(8(2)6-7)11(3,12)10(13)14/h4-6H,12H2,1-3H3,(H,13,14)/t11-/m1/s1. The van der Waals surface area contributed by atoms with Gasteiger partial charge in [-0.25, -0.2) is 0 Å². The second kappa shape index (κ2) is 3.42. The summed E-state index contributed by atoms with van der Waals surface area (Å²) in [6.45, 7) is 5.41. The Morgan fingerprint density at radius 2 is 2.00 bits per heavy atom. The van der Waals surface area contributed by atoms with Crippen LogP contribution >= 0.6 is 0 Å². The van der Waals surface area contributed by atoms with Gasteiger partial charge in [-0.05, 0) is 19.4 Å². The van der Waals surface area contributed by atoms with E-state index < -0.39 is 11.5 Å². The molecule has 0 amide bonds. The van der Waals surface area contributed by atoms with Crippen molar-refractivity contribution in [3.8, 4) is 0 Å². The monoisotopic (exact) mass is 193 g/mol. The Kier molecular flexibility index (Phi) is 2.62. The fraction of sp³-hybridized carbons (Fsp3) is 0.364. The van der Waals surface area contributed by atoms with E-state index in [-0.39, 0.29) is 0 Å². The summed E-state index contributed by atoms with van der Waals surface area (Å²) in [5, 5.41) is 10.9. The van der Waals surface area contributed by atoms with Crippen molar-refractivity contribution < 1.29 is 15.6 Å². The molecule has 0 spiro atoms. The fourth-order valence-electron chi connectivity index (χ4n) is 1.54. The van der Waals surface area contributed by atoms with Gasteiger partial charge >= 0.3 is 0 Å². The molecule has 3 nitrogen and oxygen atoms in total. The van der Waals surface area contributed by atoms with Crippen LogP contribution in [-0.4, -0.2) is 5.97 Å². The van der Waals surface area contributed by atoms with Crippen LogP contribution in [0, 0.1) is 13.8 Å². The van der Waals surface area contributed by atoms with Crippen molar-refractivity contribution in [2.75, 3.05) is 0 Å². The van der Waals surface area contributed by atoms with Crippen LogP contribution in [0.4, 0.5) is 0 Å². The van der Waals surface area contributed by atoms with Crippen LogP contribution in [0.1, 0.15) is 23.6 Å². The van der Waals surface area contributed by atoms with Crippen molar-refractivity contribution in [2.24, 2.45) is 0 Å². The van der Waals surface area contributed by atoms with Crippen LogP contribution in [0.2, 0.25) is 0 Å². The highest BCUT2D eigenvalue weighted by Crippen LogP contribution is 2.20. The third-order valence-corrected chi connectivity index (χ3v) is 2.43. The van der Waals surface area contributed by atoms with Gasteiger partial charge in [0.1, 0.15) is 5.97 Å². The first-order chi connectivity index (χ1) is 6.35. The summed E-state index contributed by atoms with van der Waals surface area (Å²) in [7, 11) is 0. The van der Waals surface area contributed by atoms with E-state index in [1.54, 1.807) is 13.0 Å². The molecule has 0 aliphatic carbocycles. The quantitative estimate of drug-likeness (QED) is 0.688. The third kappa shape index (κ3) is 1.77. The van der Waals surface area contributed by atoms with Gasteiger partial charge in [-0.1, -0.05) is 23.8 Å². The highest BCUT2D eigenvalue weighted by atomic mass is 16.4. The first-order valence-corrected chi connectivity index (χ1v) is 4.50. The molecule has 0 fully saturated rings. The van der Waals surface area contributed by atoms with Crippen LogP contribution in [0.15, 0.2) is 18.2 Å². The van der Waals surface area contributed by atoms with E-state index in [1.807, 2.05) is 26.0 Å². The van der Waals surface area contributed by atoms with Crippen LogP contribution in [0.25, 0.3) is 0 Å². The number of hydrogen-bond acceptors (Lipinski definition) is 2. The van der Waals surface area contributed by atoms with Gasteiger partial charge < -0.3 is 15.6 Å².